The molecule has 0 atom stereocenters. The lowest BCUT2D eigenvalue weighted by molar-refractivity contribution is -0.0235. The number of hydrogen-bond acceptors (Lipinski definition) is 5. The number of phenolic OH excluding ortho intramolecular Hbond substituents is 1. The third-order valence-corrected chi connectivity index (χ3v) is 5.65. The van der Waals surface area contributed by atoms with Crippen LogP contribution >= 0.6 is 11.6 Å². The summed E-state index contributed by atoms with van der Waals surface area (Å²) in [4.78, 5) is 0. The molecule has 2 aliphatic rings. The smallest absolute Gasteiger partial charge is 0.181 e. The topological polar surface area (TPSA) is 78.3 Å². The largest absolute Gasteiger partial charge is 0.504 e. The molecule has 7 heteroatoms. The Morgan fingerprint density at radius 3 is 2.61 bits per heavy atom. The van der Waals surface area contributed by atoms with Crippen molar-refractivity contribution in [2.75, 3.05) is 5.32 Å². The van der Waals surface area contributed by atoms with Gasteiger partial charge in [-0.2, -0.15) is 0 Å². The summed E-state index contributed by atoms with van der Waals surface area (Å²) in [6, 6.07) is 3.25. The highest BCUT2D eigenvalue weighted by atomic mass is 35.5. The van der Waals surface area contributed by atoms with Crippen molar-refractivity contribution in [3.05, 3.63) is 34.6 Å². The van der Waals surface area contributed by atoms with Crippen LogP contribution in [0.1, 0.15) is 49.3 Å². The van der Waals surface area contributed by atoms with E-state index in [9.17, 15) is 14.6 Å². The molecule has 1 aromatic carbocycles. The van der Waals surface area contributed by atoms with Crippen molar-refractivity contribution in [2.24, 2.45) is 0 Å². The fourth-order valence-corrected chi connectivity index (χ4v) is 4.28. The molecule has 1 saturated carbocycles. The zero-order valence-electron chi connectivity index (χ0n) is 15.5. The number of anilines is 1. The zero-order chi connectivity index (χ0) is 19.9. The molecule has 1 heterocycles. The number of aromatic nitrogens is 2. The predicted octanol–water partition coefficient (Wildman–Crippen LogP) is 3.74. The predicted molar refractivity (Wildman–Crippen MR) is 106 cm³/mol. The van der Waals surface area contributed by atoms with Gasteiger partial charge in [0.1, 0.15) is 5.69 Å². The van der Waals surface area contributed by atoms with Crippen molar-refractivity contribution in [3.63, 3.8) is 0 Å². The number of nitrogens with zero attached hydrogens (tertiary/aromatic N) is 2. The van der Waals surface area contributed by atoms with Crippen LogP contribution in [0.3, 0.4) is 0 Å². The number of fused-ring (bicyclic) bond motifs is 1. The highest BCUT2D eigenvalue weighted by Crippen LogP contribution is 2.40. The van der Waals surface area contributed by atoms with Crippen LogP contribution in [0.15, 0.2) is 12.1 Å². The lowest BCUT2D eigenvalue weighted by Gasteiger charge is -2.41. The molecule has 0 aliphatic heterocycles. The fourth-order valence-electron chi connectivity index (χ4n) is 4.18. The molecule has 0 amide bonds. The van der Waals surface area contributed by atoms with E-state index in [1.165, 1.54) is 6.07 Å². The molecule has 4 rings (SSSR count). The molecule has 28 heavy (non-hydrogen) atoms. The highest BCUT2D eigenvalue weighted by molar-refractivity contribution is 6.30. The Labute approximate surface area is 168 Å². The van der Waals surface area contributed by atoms with Crippen molar-refractivity contribution in [2.45, 2.75) is 57.1 Å². The van der Waals surface area contributed by atoms with E-state index in [4.69, 9.17) is 11.6 Å². The first-order valence-corrected chi connectivity index (χ1v) is 9.78. The van der Waals surface area contributed by atoms with Gasteiger partial charge in [0.25, 0.3) is 0 Å². The van der Waals surface area contributed by atoms with Gasteiger partial charge in [0.05, 0.1) is 11.2 Å². The molecule has 5 nitrogen and oxygen atoms in total. The van der Waals surface area contributed by atoms with Crippen molar-refractivity contribution < 1.29 is 14.6 Å². The van der Waals surface area contributed by atoms with E-state index in [-0.39, 0.29) is 11.6 Å². The number of halogens is 2. The minimum absolute atomic E-state index is 0.0356. The molecule has 2 aliphatic carbocycles. The van der Waals surface area contributed by atoms with Gasteiger partial charge in [0, 0.05) is 22.5 Å². The van der Waals surface area contributed by atoms with Gasteiger partial charge in [-0.1, -0.05) is 0 Å². The number of aromatic hydroxyl groups is 1. The summed E-state index contributed by atoms with van der Waals surface area (Å²) in [6.07, 6.45) is 5.02. The van der Waals surface area contributed by atoms with Crippen molar-refractivity contribution in [1.29, 1.82) is 0 Å². The molecule has 0 spiro atoms. The summed E-state index contributed by atoms with van der Waals surface area (Å²) >= 11 is 5.35. The summed E-state index contributed by atoms with van der Waals surface area (Å²) in [5, 5.41) is 34.5. The molecule has 146 valence electrons. The van der Waals surface area contributed by atoms with E-state index in [2.05, 4.69) is 26.8 Å². The summed E-state index contributed by atoms with van der Waals surface area (Å²) in [5.41, 5.74) is 2.27. The number of hydrogen-bond donors (Lipinski definition) is 3. The summed E-state index contributed by atoms with van der Waals surface area (Å²) < 4.78 is 14.4. The maximum Gasteiger partial charge on any atom is 0.181 e. The minimum Gasteiger partial charge on any atom is -0.504 e. The van der Waals surface area contributed by atoms with Crippen LogP contribution in [0.2, 0.25) is 0 Å². The normalized spacial score (nSPS) is 23.2. The van der Waals surface area contributed by atoms with Gasteiger partial charge >= 0.3 is 0 Å². The number of rotatable bonds is 3. The molecule has 0 radical (unpaired) electrons. The van der Waals surface area contributed by atoms with Crippen LogP contribution in [-0.4, -0.2) is 32.1 Å². The Bertz CT molecular complexity index is 989. The summed E-state index contributed by atoms with van der Waals surface area (Å²) in [5.74, 6) is 1.85. The van der Waals surface area contributed by atoms with Gasteiger partial charge in [-0.25, -0.2) is 4.39 Å². The van der Waals surface area contributed by atoms with Crippen LogP contribution in [0.4, 0.5) is 10.2 Å². The third kappa shape index (κ3) is 3.41. The van der Waals surface area contributed by atoms with Crippen molar-refractivity contribution in [3.8, 4) is 28.3 Å². The standard InChI is InChI=1S/C21H21ClFN3O2/c1-21(28)10-13(11-21)24-20-15-5-3-2-4-14(15)18(25-26-20)16-7-6-12(8-9-22)17(23)19(16)27/h6-7,13,27-28H,2-5,10-11H2,1H3,(H,24,26). The average molecular weight is 402 g/mol. The van der Waals surface area contributed by atoms with Gasteiger partial charge in [-0.05, 0) is 80.7 Å². The fraction of sp³-hybridized carbons (Fsp3) is 0.429. The van der Waals surface area contributed by atoms with E-state index >= 15 is 0 Å². The maximum atomic E-state index is 14.4. The van der Waals surface area contributed by atoms with E-state index in [1.54, 1.807) is 6.07 Å². The number of nitrogens with one attached hydrogen (secondary N) is 1. The average Bonchev–Trinajstić information content (AvgIpc) is 2.65. The Balaban J connectivity index is 1.73. The van der Waals surface area contributed by atoms with Gasteiger partial charge in [0.15, 0.2) is 17.4 Å². The lowest BCUT2D eigenvalue weighted by Crippen LogP contribution is -2.48. The van der Waals surface area contributed by atoms with Gasteiger partial charge in [0.2, 0.25) is 0 Å². The molecule has 1 aromatic heterocycles. The Morgan fingerprint density at radius 1 is 1.21 bits per heavy atom. The molecule has 0 saturated heterocycles. The Hall–Kier alpha value is -2.36. The van der Waals surface area contributed by atoms with Gasteiger partial charge in [-0.15, -0.1) is 10.2 Å². The van der Waals surface area contributed by atoms with Crippen LogP contribution < -0.4 is 5.32 Å². The van der Waals surface area contributed by atoms with Crippen LogP contribution in [0.25, 0.3) is 11.3 Å². The Morgan fingerprint density at radius 2 is 1.93 bits per heavy atom. The van der Waals surface area contributed by atoms with E-state index in [0.717, 1.165) is 42.6 Å². The van der Waals surface area contributed by atoms with Crippen molar-refractivity contribution >= 4 is 17.4 Å². The summed E-state index contributed by atoms with van der Waals surface area (Å²) in [6.45, 7) is 1.82. The third-order valence-electron chi connectivity index (χ3n) is 5.56. The first kappa shape index (κ1) is 19.0. The lowest BCUT2D eigenvalue weighted by atomic mass is 9.77. The molecule has 1 fully saturated rings. The molecule has 3 N–H and O–H groups in total. The second kappa shape index (κ2) is 7.23. The number of phenols is 1. The zero-order valence-corrected chi connectivity index (χ0v) is 16.3. The first-order valence-electron chi connectivity index (χ1n) is 9.40. The number of aliphatic hydroxyl groups is 1. The second-order valence-corrected chi connectivity index (χ2v) is 8.04. The highest BCUT2D eigenvalue weighted by Gasteiger charge is 2.39. The maximum absolute atomic E-state index is 14.4. The monoisotopic (exact) mass is 401 g/mol. The second-order valence-electron chi connectivity index (χ2n) is 7.85. The summed E-state index contributed by atoms with van der Waals surface area (Å²) in [7, 11) is 0. The van der Waals surface area contributed by atoms with E-state index in [0.29, 0.717) is 24.1 Å². The SMILES string of the molecule is CC1(O)CC(Nc2nnc(-c3ccc(C#CCl)c(F)c3O)c3c2CCCC3)C1. The number of benzene rings is 1. The minimum atomic E-state index is -0.809. The van der Waals surface area contributed by atoms with Crippen molar-refractivity contribution in [1.82, 2.24) is 10.2 Å². The molecule has 0 bridgehead atoms. The first-order chi connectivity index (χ1) is 13.4. The van der Waals surface area contributed by atoms with Gasteiger partial charge < -0.3 is 15.5 Å². The van der Waals surface area contributed by atoms with Crippen LogP contribution in [0.5, 0.6) is 5.75 Å². The molecular weight excluding hydrogens is 381 g/mol. The molecule has 2 aromatic rings. The molecule has 0 unspecified atom stereocenters. The quantitative estimate of drug-likeness (QED) is 0.683. The van der Waals surface area contributed by atoms with Gasteiger partial charge in [-0.3, -0.25) is 0 Å². The molecular formula is C21H21ClFN3O2. The van der Waals surface area contributed by atoms with Crippen LogP contribution in [-0.2, 0) is 12.8 Å². The Kier molecular flexibility index (Phi) is 4.90. The van der Waals surface area contributed by atoms with E-state index < -0.39 is 17.2 Å². The van der Waals surface area contributed by atoms with E-state index in [1.807, 2.05) is 6.92 Å². The van der Waals surface area contributed by atoms with Crippen LogP contribution in [0, 0.1) is 17.1 Å².